The Morgan fingerprint density at radius 3 is 2.75 bits per heavy atom. The lowest BCUT2D eigenvalue weighted by atomic mass is 10.5. The topological polar surface area (TPSA) is 79.3 Å². The van der Waals surface area contributed by atoms with Crippen LogP contribution < -0.4 is 10.6 Å². The van der Waals surface area contributed by atoms with Crippen molar-refractivity contribution in [2.24, 2.45) is 0 Å². The highest BCUT2D eigenvalue weighted by Gasteiger charge is 1.99. The van der Waals surface area contributed by atoms with Gasteiger partial charge in [0.25, 0.3) is 0 Å². The number of hydrogen-bond acceptors (Lipinski definition) is 6. The number of anilines is 2. The Kier molecular flexibility index (Phi) is 5.52. The fraction of sp³-hybridized carbons (Fsp3) is 0.600. The first-order chi connectivity index (χ1) is 7.76. The average Bonchev–Trinajstić information content (AvgIpc) is 2.28. The summed E-state index contributed by atoms with van der Waals surface area (Å²) < 4.78 is 5.12. The van der Waals surface area contributed by atoms with Gasteiger partial charge >= 0.3 is 0 Å². The van der Waals surface area contributed by atoms with E-state index in [1.165, 1.54) is 0 Å². The van der Waals surface area contributed by atoms with E-state index in [0.717, 1.165) is 11.6 Å². The van der Waals surface area contributed by atoms with E-state index in [4.69, 9.17) is 9.84 Å². The number of ether oxygens (including phenoxy) is 1. The van der Waals surface area contributed by atoms with Crippen molar-refractivity contribution in [3.8, 4) is 0 Å². The number of nitrogens with zero attached hydrogens (tertiary/aromatic N) is 2. The van der Waals surface area contributed by atoms with E-state index in [9.17, 15) is 0 Å². The van der Waals surface area contributed by atoms with E-state index in [1.807, 2.05) is 20.0 Å². The van der Waals surface area contributed by atoms with Gasteiger partial charge in [0.1, 0.15) is 17.5 Å². The van der Waals surface area contributed by atoms with Gasteiger partial charge in [-0.1, -0.05) is 0 Å². The maximum Gasteiger partial charge on any atom is 0.131 e. The van der Waals surface area contributed by atoms with Crippen LogP contribution in [0, 0.1) is 6.92 Å². The van der Waals surface area contributed by atoms with Crippen LogP contribution in [0.1, 0.15) is 5.82 Å². The van der Waals surface area contributed by atoms with Crippen LogP contribution in [0.4, 0.5) is 11.6 Å². The van der Waals surface area contributed by atoms with Crippen molar-refractivity contribution in [3.63, 3.8) is 0 Å². The molecule has 6 nitrogen and oxygen atoms in total. The summed E-state index contributed by atoms with van der Waals surface area (Å²) >= 11 is 0. The summed E-state index contributed by atoms with van der Waals surface area (Å²) in [6, 6.07) is 1.83. The fourth-order valence-electron chi connectivity index (χ4n) is 1.20. The lowest BCUT2D eigenvalue weighted by Crippen LogP contribution is -2.13. The van der Waals surface area contributed by atoms with Gasteiger partial charge in [0.15, 0.2) is 0 Å². The van der Waals surface area contributed by atoms with Gasteiger partial charge in [-0.2, -0.15) is 0 Å². The third-order valence-electron chi connectivity index (χ3n) is 1.88. The Hall–Kier alpha value is -1.40. The lowest BCUT2D eigenvalue weighted by molar-refractivity contribution is 0.0992. The van der Waals surface area contributed by atoms with Gasteiger partial charge in [0.05, 0.1) is 19.8 Å². The summed E-state index contributed by atoms with van der Waals surface area (Å²) in [5.74, 6) is 2.27. The van der Waals surface area contributed by atoms with E-state index >= 15 is 0 Å². The largest absolute Gasteiger partial charge is 0.394 e. The molecule has 0 radical (unpaired) electrons. The maximum atomic E-state index is 8.51. The molecule has 3 N–H and O–H groups in total. The summed E-state index contributed by atoms with van der Waals surface area (Å²) in [4.78, 5) is 8.42. The lowest BCUT2D eigenvalue weighted by Gasteiger charge is -2.08. The second-order valence-corrected chi connectivity index (χ2v) is 3.20. The SMILES string of the molecule is CNc1cc(NCCOCCO)nc(C)n1. The van der Waals surface area contributed by atoms with Gasteiger partial charge in [0.2, 0.25) is 0 Å². The standard InChI is InChI=1S/C10H18N4O2/c1-8-13-9(11-2)7-10(14-8)12-3-5-16-6-4-15/h7,15H,3-6H2,1-2H3,(H2,11,12,13,14). The molecule has 16 heavy (non-hydrogen) atoms. The minimum Gasteiger partial charge on any atom is -0.394 e. The Morgan fingerprint density at radius 2 is 2.06 bits per heavy atom. The maximum absolute atomic E-state index is 8.51. The fourth-order valence-corrected chi connectivity index (χ4v) is 1.20. The molecule has 0 saturated heterocycles. The zero-order valence-electron chi connectivity index (χ0n) is 9.66. The van der Waals surface area contributed by atoms with Gasteiger partial charge in [-0.3, -0.25) is 0 Å². The minimum atomic E-state index is 0.0521. The highest BCUT2D eigenvalue weighted by molar-refractivity contribution is 5.46. The van der Waals surface area contributed by atoms with Crippen molar-refractivity contribution in [2.75, 3.05) is 44.0 Å². The number of rotatable bonds is 7. The molecular weight excluding hydrogens is 208 g/mol. The molecule has 0 amide bonds. The number of aromatic nitrogens is 2. The summed E-state index contributed by atoms with van der Waals surface area (Å²) in [6.45, 7) is 3.45. The van der Waals surface area contributed by atoms with Crippen LogP contribution >= 0.6 is 0 Å². The van der Waals surface area contributed by atoms with Crippen molar-refractivity contribution in [1.82, 2.24) is 9.97 Å². The molecule has 0 aromatic carbocycles. The summed E-state index contributed by atoms with van der Waals surface area (Å²) in [6.07, 6.45) is 0. The molecule has 0 aliphatic rings. The van der Waals surface area contributed by atoms with Gasteiger partial charge < -0.3 is 20.5 Å². The molecule has 0 aliphatic heterocycles. The zero-order valence-corrected chi connectivity index (χ0v) is 9.66. The van der Waals surface area contributed by atoms with Crippen LogP contribution in [0.2, 0.25) is 0 Å². The first-order valence-electron chi connectivity index (χ1n) is 5.22. The molecule has 90 valence electrons. The first-order valence-corrected chi connectivity index (χ1v) is 5.22. The number of aliphatic hydroxyl groups excluding tert-OH is 1. The predicted octanol–water partition coefficient (Wildman–Crippen LogP) is 0.248. The molecule has 0 unspecified atom stereocenters. The van der Waals surface area contributed by atoms with Crippen LogP contribution in [-0.4, -0.2) is 48.5 Å². The first kappa shape index (κ1) is 12.7. The van der Waals surface area contributed by atoms with Crippen LogP contribution in [0.5, 0.6) is 0 Å². The summed E-state index contributed by atoms with van der Waals surface area (Å²) in [5, 5.41) is 14.6. The third-order valence-corrected chi connectivity index (χ3v) is 1.88. The molecule has 1 heterocycles. The number of aliphatic hydroxyl groups is 1. The number of hydrogen-bond donors (Lipinski definition) is 3. The van der Waals surface area contributed by atoms with Crippen LogP contribution in [0.25, 0.3) is 0 Å². The predicted molar refractivity (Wildman–Crippen MR) is 62.7 cm³/mol. The van der Waals surface area contributed by atoms with E-state index in [-0.39, 0.29) is 6.61 Å². The van der Waals surface area contributed by atoms with Gasteiger partial charge in [-0.15, -0.1) is 0 Å². The molecule has 0 spiro atoms. The van der Waals surface area contributed by atoms with Crippen LogP contribution in [0.3, 0.4) is 0 Å². The van der Waals surface area contributed by atoms with Crippen molar-refractivity contribution in [3.05, 3.63) is 11.9 Å². The molecule has 0 fully saturated rings. The van der Waals surface area contributed by atoms with Gasteiger partial charge in [-0.05, 0) is 6.92 Å². The molecule has 0 bridgehead atoms. The number of nitrogens with one attached hydrogen (secondary N) is 2. The Labute approximate surface area is 95.1 Å². The van der Waals surface area contributed by atoms with Crippen molar-refractivity contribution in [2.45, 2.75) is 6.92 Å². The van der Waals surface area contributed by atoms with Crippen molar-refractivity contribution in [1.29, 1.82) is 0 Å². The normalized spacial score (nSPS) is 10.2. The Balaban J connectivity index is 2.38. The molecular formula is C10H18N4O2. The average molecular weight is 226 g/mol. The highest BCUT2D eigenvalue weighted by atomic mass is 16.5. The van der Waals surface area contributed by atoms with E-state index < -0.39 is 0 Å². The molecule has 0 saturated carbocycles. The van der Waals surface area contributed by atoms with E-state index in [2.05, 4.69) is 20.6 Å². The molecule has 1 aromatic rings. The molecule has 1 rings (SSSR count). The Morgan fingerprint density at radius 1 is 1.31 bits per heavy atom. The number of aryl methyl sites for hydroxylation is 1. The summed E-state index contributed by atoms with van der Waals surface area (Å²) in [5.41, 5.74) is 0. The van der Waals surface area contributed by atoms with Crippen molar-refractivity contribution >= 4 is 11.6 Å². The molecule has 6 heteroatoms. The second kappa shape index (κ2) is 6.97. The zero-order chi connectivity index (χ0) is 11.8. The van der Waals surface area contributed by atoms with Gasteiger partial charge in [-0.25, -0.2) is 9.97 Å². The minimum absolute atomic E-state index is 0.0521. The Bertz CT molecular complexity index is 320. The smallest absolute Gasteiger partial charge is 0.131 e. The molecule has 1 aromatic heterocycles. The van der Waals surface area contributed by atoms with E-state index in [0.29, 0.717) is 25.6 Å². The third kappa shape index (κ3) is 4.41. The summed E-state index contributed by atoms with van der Waals surface area (Å²) in [7, 11) is 1.82. The second-order valence-electron chi connectivity index (χ2n) is 3.20. The van der Waals surface area contributed by atoms with Gasteiger partial charge in [0, 0.05) is 19.7 Å². The molecule has 0 atom stereocenters. The monoisotopic (exact) mass is 226 g/mol. The highest BCUT2D eigenvalue weighted by Crippen LogP contribution is 2.09. The molecule has 0 aliphatic carbocycles. The van der Waals surface area contributed by atoms with Crippen LogP contribution in [-0.2, 0) is 4.74 Å². The van der Waals surface area contributed by atoms with E-state index in [1.54, 1.807) is 0 Å². The quantitative estimate of drug-likeness (QED) is 0.578. The van der Waals surface area contributed by atoms with Crippen molar-refractivity contribution < 1.29 is 9.84 Å². The van der Waals surface area contributed by atoms with Crippen LogP contribution in [0.15, 0.2) is 6.07 Å².